The number of carbonyl (C=O) groups is 2. The molecule has 0 saturated heterocycles. The minimum absolute atomic E-state index is 0.0330. The number of nitrogens with zero attached hydrogens (tertiary/aromatic N) is 1. The van der Waals surface area contributed by atoms with Crippen LogP contribution in [0.15, 0.2) is 30.6 Å². The molecular formula is C16H11F2N3O3. The first-order valence-corrected chi connectivity index (χ1v) is 6.78. The van der Waals surface area contributed by atoms with Crippen LogP contribution in [0, 0.1) is 11.6 Å². The topological polar surface area (TPSA) is 98.1 Å². The second-order valence-electron chi connectivity index (χ2n) is 4.92. The molecule has 0 atom stereocenters. The zero-order chi connectivity index (χ0) is 17.4. The molecule has 6 nitrogen and oxygen atoms in total. The standard InChI is InChI=1S/C16H11F2N3O3/c1-24-10-4-5-20-16-11(10)8(6-21-16)14(22)12-9(17)3-2-7(13(12)18)15(19)23/h2-6H,1H3,(H2,19,23)(H,20,21). The Hall–Kier alpha value is -3.29. The number of aromatic nitrogens is 2. The van der Waals surface area contributed by atoms with Crippen molar-refractivity contribution < 1.29 is 23.1 Å². The average molecular weight is 331 g/mol. The Balaban J connectivity index is 2.25. The molecule has 2 aromatic heterocycles. The lowest BCUT2D eigenvalue weighted by Gasteiger charge is -2.08. The Morgan fingerprint density at radius 2 is 1.96 bits per heavy atom. The van der Waals surface area contributed by atoms with Crippen LogP contribution in [0.3, 0.4) is 0 Å². The number of H-pyrrole nitrogens is 1. The van der Waals surface area contributed by atoms with E-state index in [1.54, 1.807) is 0 Å². The first-order valence-electron chi connectivity index (χ1n) is 6.78. The van der Waals surface area contributed by atoms with Crippen LogP contribution in [-0.4, -0.2) is 28.8 Å². The summed E-state index contributed by atoms with van der Waals surface area (Å²) >= 11 is 0. The van der Waals surface area contributed by atoms with Crippen molar-refractivity contribution in [3.05, 3.63) is 58.9 Å². The summed E-state index contributed by atoms with van der Waals surface area (Å²) < 4.78 is 33.6. The number of methoxy groups -OCH3 is 1. The van der Waals surface area contributed by atoms with E-state index in [-0.39, 0.29) is 10.9 Å². The molecule has 0 spiro atoms. The van der Waals surface area contributed by atoms with Crippen LogP contribution in [0.1, 0.15) is 26.3 Å². The third kappa shape index (κ3) is 2.28. The number of ketones is 1. The number of fused-ring (bicyclic) bond motifs is 1. The number of amides is 1. The number of hydrogen-bond donors (Lipinski definition) is 2. The number of benzene rings is 1. The van der Waals surface area contributed by atoms with Crippen LogP contribution in [0.4, 0.5) is 8.78 Å². The molecule has 0 aliphatic heterocycles. The van der Waals surface area contributed by atoms with Crippen LogP contribution >= 0.6 is 0 Å². The first kappa shape index (κ1) is 15.6. The zero-order valence-electron chi connectivity index (χ0n) is 12.4. The van der Waals surface area contributed by atoms with Gasteiger partial charge in [0.1, 0.15) is 23.0 Å². The molecule has 122 valence electrons. The maximum absolute atomic E-state index is 14.4. The second-order valence-corrected chi connectivity index (χ2v) is 4.92. The van der Waals surface area contributed by atoms with E-state index in [0.717, 1.165) is 12.1 Å². The molecule has 0 radical (unpaired) electrons. The quantitative estimate of drug-likeness (QED) is 0.716. The van der Waals surface area contributed by atoms with Gasteiger partial charge >= 0.3 is 0 Å². The molecule has 8 heteroatoms. The zero-order valence-corrected chi connectivity index (χ0v) is 12.4. The molecule has 0 aliphatic carbocycles. The molecule has 1 amide bonds. The van der Waals surface area contributed by atoms with E-state index >= 15 is 0 Å². The minimum Gasteiger partial charge on any atom is -0.496 e. The lowest BCUT2D eigenvalue weighted by Crippen LogP contribution is -2.17. The number of carbonyl (C=O) groups excluding carboxylic acids is 2. The van der Waals surface area contributed by atoms with Crippen molar-refractivity contribution >= 4 is 22.7 Å². The van der Waals surface area contributed by atoms with Crippen molar-refractivity contribution in [3.8, 4) is 5.75 Å². The van der Waals surface area contributed by atoms with E-state index in [1.807, 2.05) is 0 Å². The van der Waals surface area contributed by atoms with E-state index < -0.39 is 34.5 Å². The molecule has 0 unspecified atom stereocenters. The van der Waals surface area contributed by atoms with Gasteiger partial charge in [0.15, 0.2) is 0 Å². The molecule has 2 heterocycles. The predicted octanol–water partition coefficient (Wildman–Crippen LogP) is 2.18. The van der Waals surface area contributed by atoms with Crippen LogP contribution in [0.5, 0.6) is 5.75 Å². The number of aromatic amines is 1. The maximum Gasteiger partial charge on any atom is 0.251 e. The summed E-state index contributed by atoms with van der Waals surface area (Å²) in [6, 6.07) is 3.22. The summed E-state index contributed by atoms with van der Waals surface area (Å²) in [5, 5.41) is 0.285. The van der Waals surface area contributed by atoms with Crippen molar-refractivity contribution in [2.24, 2.45) is 5.73 Å². The van der Waals surface area contributed by atoms with Crippen molar-refractivity contribution in [2.75, 3.05) is 7.11 Å². The Bertz CT molecular complexity index is 982. The van der Waals surface area contributed by atoms with Gasteiger partial charge in [0, 0.05) is 12.4 Å². The normalized spacial score (nSPS) is 10.8. The van der Waals surface area contributed by atoms with E-state index in [0.29, 0.717) is 11.4 Å². The molecule has 3 N–H and O–H groups in total. The largest absolute Gasteiger partial charge is 0.496 e. The fraction of sp³-hybridized carbons (Fsp3) is 0.0625. The fourth-order valence-corrected chi connectivity index (χ4v) is 2.46. The van der Waals surface area contributed by atoms with E-state index in [2.05, 4.69) is 9.97 Å². The molecule has 3 rings (SSSR count). The van der Waals surface area contributed by atoms with Gasteiger partial charge in [-0.1, -0.05) is 0 Å². The van der Waals surface area contributed by atoms with Gasteiger partial charge in [-0.25, -0.2) is 13.8 Å². The minimum atomic E-state index is -1.30. The molecule has 3 aromatic rings. The fourth-order valence-electron chi connectivity index (χ4n) is 2.46. The van der Waals surface area contributed by atoms with Gasteiger partial charge in [-0.2, -0.15) is 0 Å². The summed E-state index contributed by atoms with van der Waals surface area (Å²) in [7, 11) is 1.39. The number of ether oxygens (including phenoxy) is 1. The third-order valence-corrected chi connectivity index (χ3v) is 3.58. The van der Waals surface area contributed by atoms with Crippen LogP contribution in [0.25, 0.3) is 11.0 Å². The lowest BCUT2D eigenvalue weighted by atomic mass is 9.99. The molecule has 0 aliphatic rings. The van der Waals surface area contributed by atoms with Gasteiger partial charge in [0.2, 0.25) is 5.78 Å². The number of rotatable bonds is 4. The SMILES string of the molecule is COc1ccnc2[nH]cc(C(=O)c3c(F)ccc(C(N)=O)c3F)c12. The molecule has 0 fully saturated rings. The average Bonchev–Trinajstić information content (AvgIpc) is 2.98. The van der Waals surface area contributed by atoms with Gasteiger partial charge in [0.05, 0.1) is 29.2 Å². The monoisotopic (exact) mass is 331 g/mol. The van der Waals surface area contributed by atoms with Gasteiger partial charge in [-0.15, -0.1) is 0 Å². The Labute approximate surface area is 134 Å². The first-order chi connectivity index (χ1) is 11.5. The Morgan fingerprint density at radius 1 is 1.21 bits per heavy atom. The summed E-state index contributed by atoms with van der Waals surface area (Å²) in [5.41, 5.74) is 3.90. The summed E-state index contributed by atoms with van der Waals surface area (Å²) in [4.78, 5) is 30.7. The highest BCUT2D eigenvalue weighted by Gasteiger charge is 2.26. The highest BCUT2D eigenvalue weighted by Crippen LogP contribution is 2.30. The molecule has 0 bridgehead atoms. The van der Waals surface area contributed by atoms with Gasteiger partial charge in [-0.05, 0) is 18.2 Å². The third-order valence-electron chi connectivity index (χ3n) is 3.58. The van der Waals surface area contributed by atoms with E-state index in [1.165, 1.54) is 25.6 Å². The van der Waals surface area contributed by atoms with E-state index in [4.69, 9.17) is 10.5 Å². The maximum atomic E-state index is 14.4. The van der Waals surface area contributed by atoms with Gasteiger partial charge in [0.25, 0.3) is 5.91 Å². The Kier molecular flexibility index (Phi) is 3.72. The molecule has 1 aromatic carbocycles. The van der Waals surface area contributed by atoms with Crippen LogP contribution in [-0.2, 0) is 0 Å². The number of nitrogens with two attached hydrogens (primary N) is 1. The van der Waals surface area contributed by atoms with Crippen LogP contribution in [0.2, 0.25) is 0 Å². The summed E-state index contributed by atoms with van der Waals surface area (Å²) in [6.07, 6.45) is 2.74. The lowest BCUT2D eigenvalue weighted by molar-refractivity contribution is 0.0996. The number of pyridine rings is 1. The molecular weight excluding hydrogens is 320 g/mol. The predicted molar refractivity (Wildman–Crippen MR) is 81.0 cm³/mol. The van der Waals surface area contributed by atoms with Gasteiger partial charge < -0.3 is 15.5 Å². The van der Waals surface area contributed by atoms with Crippen molar-refractivity contribution in [2.45, 2.75) is 0 Å². The van der Waals surface area contributed by atoms with Crippen molar-refractivity contribution in [1.29, 1.82) is 0 Å². The number of hydrogen-bond acceptors (Lipinski definition) is 4. The number of nitrogens with one attached hydrogen (secondary N) is 1. The molecule has 0 saturated carbocycles. The summed E-state index contributed by atoms with van der Waals surface area (Å²) in [5.74, 6) is -4.13. The summed E-state index contributed by atoms with van der Waals surface area (Å²) in [6.45, 7) is 0. The highest BCUT2D eigenvalue weighted by molar-refractivity contribution is 6.18. The smallest absolute Gasteiger partial charge is 0.251 e. The van der Waals surface area contributed by atoms with Gasteiger partial charge in [-0.3, -0.25) is 9.59 Å². The number of primary amides is 1. The second kappa shape index (κ2) is 5.73. The highest BCUT2D eigenvalue weighted by atomic mass is 19.1. The number of halogens is 2. The van der Waals surface area contributed by atoms with E-state index in [9.17, 15) is 18.4 Å². The van der Waals surface area contributed by atoms with Crippen LogP contribution < -0.4 is 10.5 Å². The Morgan fingerprint density at radius 3 is 2.62 bits per heavy atom. The van der Waals surface area contributed by atoms with Crippen molar-refractivity contribution in [3.63, 3.8) is 0 Å². The molecule has 24 heavy (non-hydrogen) atoms. The van der Waals surface area contributed by atoms with Crippen molar-refractivity contribution in [1.82, 2.24) is 9.97 Å².